The Morgan fingerprint density at radius 2 is 1.85 bits per heavy atom. The van der Waals surface area contributed by atoms with Gasteiger partial charge in [0.1, 0.15) is 12.1 Å². The highest BCUT2D eigenvalue weighted by Crippen LogP contribution is 2.32. The van der Waals surface area contributed by atoms with Crippen LogP contribution in [0.4, 0.5) is 5.82 Å². The van der Waals surface area contributed by atoms with Gasteiger partial charge in [-0.2, -0.15) is 14.6 Å². The molecule has 2 saturated heterocycles. The molecule has 1 aliphatic carbocycles. The third-order valence-electron chi connectivity index (χ3n) is 6.64. The lowest BCUT2D eigenvalue weighted by Gasteiger charge is -2.42. The van der Waals surface area contributed by atoms with Crippen molar-refractivity contribution in [2.45, 2.75) is 64.3 Å². The standard InChI is InChI=1S/C20H30N6/c1-15-5-4-10-25(13-15)16-8-11-24(12-9-16)19-17-6-2-3-7-18(17)23-20-21-14-22-26(19)20/h14-16H,2-13H2,1H3. The summed E-state index contributed by atoms with van der Waals surface area (Å²) >= 11 is 0. The second-order valence-electron chi connectivity index (χ2n) is 8.50. The molecule has 0 saturated carbocycles. The number of hydrogen-bond acceptors (Lipinski definition) is 5. The second-order valence-corrected chi connectivity index (χ2v) is 8.50. The first kappa shape index (κ1) is 16.5. The van der Waals surface area contributed by atoms with E-state index < -0.39 is 0 Å². The number of rotatable bonds is 2. The van der Waals surface area contributed by atoms with Crippen LogP contribution in [0.1, 0.15) is 56.7 Å². The van der Waals surface area contributed by atoms with Gasteiger partial charge in [-0.3, -0.25) is 4.90 Å². The van der Waals surface area contributed by atoms with E-state index in [1.165, 1.54) is 68.7 Å². The van der Waals surface area contributed by atoms with E-state index in [4.69, 9.17) is 4.98 Å². The van der Waals surface area contributed by atoms with Gasteiger partial charge in [-0.15, -0.1) is 0 Å². The molecule has 0 bridgehead atoms. The number of anilines is 1. The summed E-state index contributed by atoms with van der Waals surface area (Å²) in [6.07, 6.45) is 11.7. The maximum absolute atomic E-state index is 4.78. The van der Waals surface area contributed by atoms with E-state index in [2.05, 4.69) is 26.8 Å². The van der Waals surface area contributed by atoms with Gasteiger partial charge >= 0.3 is 0 Å². The predicted molar refractivity (Wildman–Crippen MR) is 103 cm³/mol. The lowest BCUT2D eigenvalue weighted by atomic mass is 9.93. The van der Waals surface area contributed by atoms with Gasteiger partial charge < -0.3 is 4.90 Å². The zero-order chi connectivity index (χ0) is 17.5. The molecule has 0 amide bonds. The van der Waals surface area contributed by atoms with Crippen molar-refractivity contribution in [3.8, 4) is 0 Å². The Labute approximate surface area is 155 Å². The van der Waals surface area contributed by atoms with Gasteiger partial charge in [0.25, 0.3) is 5.78 Å². The number of fused-ring (bicyclic) bond motifs is 2. The molecule has 1 atom stereocenters. The van der Waals surface area contributed by atoms with Gasteiger partial charge in [-0.1, -0.05) is 6.92 Å². The van der Waals surface area contributed by atoms with Gasteiger partial charge in [0.05, 0.1) is 5.69 Å². The summed E-state index contributed by atoms with van der Waals surface area (Å²) in [5.74, 6) is 2.92. The zero-order valence-electron chi connectivity index (χ0n) is 15.9. The number of piperidine rings is 2. The van der Waals surface area contributed by atoms with Crippen LogP contribution in [0.15, 0.2) is 6.33 Å². The molecule has 0 spiro atoms. The normalized spacial score (nSPS) is 25.6. The van der Waals surface area contributed by atoms with Gasteiger partial charge in [0.2, 0.25) is 0 Å². The van der Waals surface area contributed by atoms with Gasteiger partial charge in [-0.05, 0) is 63.8 Å². The number of aryl methyl sites for hydroxylation is 1. The van der Waals surface area contributed by atoms with E-state index in [-0.39, 0.29) is 0 Å². The Morgan fingerprint density at radius 1 is 1.00 bits per heavy atom. The monoisotopic (exact) mass is 354 g/mol. The fourth-order valence-corrected chi connectivity index (χ4v) is 5.29. The van der Waals surface area contributed by atoms with Crippen LogP contribution in [0.2, 0.25) is 0 Å². The molecular formula is C20H30N6. The van der Waals surface area contributed by atoms with Gasteiger partial charge in [-0.25, -0.2) is 4.98 Å². The van der Waals surface area contributed by atoms with E-state index in [9.17, 15) is 0 Å². The van der Waals surface area contributed by atoms with Crippen LogP contribution in [0, 0.1) is 5.92 Å². The second kappa shape index (κ2) is 6.80. The lowest BCUT2D eigenvalue weighted by molar-refractivity contribution is 0.112. The summed E-state index contributed by atoms with van der Waals surface area (Å²) in [4.78, 5) is 14.5. The van der Waals surface area contributed by atoms with Crippen LogP contribution in [-0.2, 0) is 12.8 Å². The van der Waals surface area contributed by atoms with Crippen molar-refractivity contribution >= 4 is 11.6 Å². The first-order valence-electron chi connectivity index (χ1n) is 10.5. The summed E-state index contributed by atoms with van der Waals surface area (Å²) in [7, 11) is 0. The van der Waals surface area contributed by atoms with Crippen molar-refractivity contribution in [1.82, 2.24) is 24.5 Å². The molecule has 6 nitrogen and oxygen atoms in total. The summed E-state index contributed by atoms with van der Waals surface area (Å²) in [5, 5.41) is 4.51. The van der Waals surface area contributed by atoms with Crippen LogP contribution < -0.4 is 4.90 Å². The van der Waals surface area contributed by atoms with Crippen molar-refractivity contribution in [2.24, 2.45) is 5.92 Å². The Kier molecular flexibility index (Phi) is 4.31. The largest absolute Gasteiger partial charge is 0.356 e. The molecule has 0 aromatic carbocycles. The van der Waals surface area contributed by atoms with E-state index in [0.717, 1.165) is 43.7 Å². The van der Waals surface area contributed by atoms with E-state index in [1.807, 2.05) is 4.52 Å². The number of nitrogens with zero attached hydrogens (tertiary/aromatic N) is 6. The average molecular weight is 355 g/mol. The molecule has 1 unspecified atom stereocenters. The van der Waals surface area contributed by atoms with Crippen LogP contribution in [0.5, 0.6) is 0 Å². The number of hydrogen-bond donors (Lipinski definition) is 0. The minimum absolute atomic E-state index is 0.762. The molecule has 2 fully saturated rings. The highest BCUT2D eigenvalue weighted by Gasteiger charge is 2.30. The Morgan fingerprint density at radius 3 is 2.69 bits per heavy atom. The maximum Gasteiger partial charge on any atom is 0.254 e. The van der Waals surface area contributed by atoms with Gasteiger partial charge in [0.15, 0.2) is 0 Å². The Bertz CT molecular complexity index is 776. The molecule has 3 aliphatic rings. The number of aromatic nitrogens is 4. The molecule has 0 radical (unpaired) electrons. The summed E-state index contributed by atoms with van der Waals surface area (Å²) in [5.41, 5.74) is 2.69. The molecule has 140 valence electrons. The molecular weight excluding hydrogens is 324 g/mol. The lowest BCUT2D eigenvalue weighted by Crippen LogP contribution is -2.48. The summed E-state index contributed by atoms with van der Waals surface area (Å²) in [6, 6.07) is 0.762. The Balaban J connectivity index is 1.39. The molecule has 2 aromatic heterocycles. The molecule has 5 rings (SSSR count). The topological polar surface area (TPSA) is 49.6 Å². The number of likely N-dealkylation sites (tertiary alicyclic amines) is 1. The quantitative estimate of drug-likeness (QED) is 0.830. The first-order valence-corrected chi connectivity index (χ1v) is 10.5. The SMILES string of the molecule is CC1CCCN(C2CCN(c3c4c(nc5ncnn35)CCCC4)CC2)C1. The fraction of sp³-hybridized carbons (Fsp3) is 0.750. The predicted octanol–water partition coefficient (Wildman–Crippen LogP) is 2.70. The minimum Gasteiger partial charge on any atom is -0.356 e. The van der Waals surface area contributed by atoms with Crippen LogP contribution >= 0.6 is 0 Å². The molecule has 4 heterocycles. The van der Waals surface area contributed by atoms with Crippen LogP contribution in [0.3, 0.4) is 0 Å². The Hall–Kier alpha value is -1.69. The zero-order valence-corrected chi connectivity index (χ0v) is 15.9. The van der Waals surface area contributed by atoms with Crippen molar-refractivity contribution in [3.05, 3.63) is 17.6 Å². The van der Waals surface area contributed by atoms with Crippen LogP contribution in [0.25, 0.3) is 5.78 Å². The van der Waals surface area contributed by atoms with Crippen molar-refractivity contribution in [1.29, 1.82) is 0 Å². The average Bonchev–Trinajstić information content (AvgIpc) is 3.14. The van der Waals surface area contributed by atoms with Crippen molar-refractivity contribution in [3.63, 3.8) is 0 Å². The van der Waals surface area contributed by atoms with E-state index in [0.29, 0.717) is 0 Å². The smallest absolute Gasteiger partial charge is 0.254 e. The van der Waals surface area contributed by atoms with Crippen molar-refractivity contribution < 1.29 is 0 Å². The third kappa shape index (κ3) is 2.88. The van der Waals surface area contributed by atoms with Crippen molar-refractivity contribution in [2.75, 3.05) is 31.1 Å². The summed E-state index contributed by atoms with van der Waals surface area (Å²) < 4.78 is 1.99. The van der Waals surface area contributed by atoms with Crippen LogP contribution in [-0.4, -0.2) is 56.7 Å². The fourth-order valence-electron chi connectivity index (χ4n) is 5.29. The summed E-state index contributed by atoms with van der Waals surface area (Å²) in [6.45, 7) is 7.25. The molecule has 0 N–H and O–H groups in total. The van der Waals surface area contributed by atoms with E-state index in [1.54, 1.807) is 6.33 Å². The highest BCUT2D eigenvalue weighted by molar-refractivity contribution is 5.55. The molecule has 6 heteroatoms. The minimum atomic E-state index is 0.762. The maximum atomic E-state index is 4.78. The molecule has 2 aromatic rings. The first-order chi connectivity index (χ1) is 12.8. The highest BCUT2D eigenvalue weighted by atomic mass is 15.4. The molecule has 26 heavy (non-hydrogen) atoms. The van der Waals surface area contributed by atoms with E-state index >= 15 is 0 Å². The molecule has 2 aliphatic heterocycles. The van der Waals surface area contributed by atoms with Gasteiger partial charge in [0, 0.05) is 31.2 Å². The third-order valence-corrected chi connectivity index (χ3v) is 6.64.